The molecule has 0 atom stereocenters. The van der Waals surface area contributed by atoms with E-state index in [4.69, 9.17) is 0 Å². The molecule has 0 fully saturated rings. The van der Waals surface area contributed by atoms with Crippen molar-refractivity contribution in [2.75, 3.05) is 0 Å². The van der Waals surface area contributed by atoms with Gasteiger partial charge in [0, 0.05) is 0 Å². The number of allylic oxidation sites excluding steroid dienone is 4. The van der Waals surface area contributed by atoms with Crippen LogP contribution in [0.25, 0.3) is 0 Å². The molecule has 0 bridgehead atoms. The zero-order valence-electron chi connectivity index (χ0n) is 11.6. The Morgan fingerprint density at radius 3 is 2.19 bits per heavy atom. The van der Waals surface area contributed by atoms with E-state index in [1.54, 1.807) is 0 Å². The van der Waals surface area contributed by atoms with Gasteiger partial charge in [-0.15, -0.1) is 0 Å². The summed E-state index contributed by atoms with van der Waals surface area (Å²) in [5, 5.41) is 0. The maximum absolute atomic E-state index is 2.35. The van der Waals surface area contributed by atoms with Gasteiger partial charge in [-0.3, -0.25) is 0 Å². The zero-order chi connectivity index (χ0) is 12.1. The molecule has 0 radical (unpaired) electrons. The molecule has 0 aliphatic heterocycles. The van der Waals surface area contributed by atoms with E-state index in [-0.39, 0.29) is 0 Å². The maximum atomic E-state index is 2.35. The van der Waals surface area contributed by atoms with Gasteiger partial charge in [0.05, 0.1) is 0 Å². The average Bonchev–Trinajstić information content (AvgIpc) is 2.31. The Balaban J connectivity index is 3.42. The lowest BCUT2D eigenvalue weighted by molar-refractivity contribution is 0.611. The number of hydrogen-bond donors (Lipinski definition) is 0. The Hall–Kier alpha value is -0.520. The van der Waals surface area contributed by atoms with Crippen LogP contribution in [-0.2, 0) is 0 Å². The molecular formula is C16H30. The summed E-state index contributed by atoms with van der Waals surface area (Å²) < 4.78 is 0. The lowest BCUT2D eigenvalue weighted by atomic mass is 10.1. The first-order valence-electron chi connectivity index (χ1n) is 7.20. The number of hydrogen-bond acceptors (Lipinski definition) is 0. The molecule has 0 heteroatoms. The van der Waals surface area contributed by atoms with Crippen LogP contribution in [-0.4, -0.2) is 0 Å². The molecule has 0 heterocycles. The predicted octanol–water partition coefficient (Wildman–Crippen LogP) is 6.04. The Bertz CT molecular complexity index is 186. The normalized spacial score (nSPS) is 12.6. The highest BCUT2D eigenvalue weighted by atomic mass is 14.0. The Morgan fingerprint density at radius 1 is 0.875 bits per heavy atom. The Kier molecular flexibility index (Phi) is 12.1. The highest BCUT2D eigenvalue weighted by Gasteiger charge is 1.89. The topological polar surface area (TPSA) is 0 Å². The molecule has 0 spiro atoms. The molecule has 0 N–H and O–H groups in total. The molecule has 0 nitrogen and oxygen atoms in total. The largest absolute Gasteiger partial charge is 0.0843 e. The fraction of sp³-hybridized carbons (Fsp3) is 0.750. The van der Waals surface area contributed by atoms with Gasteiger partial charge < -0.3 is 0 Å². The minimum atomic E-state index is 1.16. The Morgan fingerprint density at radius 2 is 1.56 bits per heavy atom. The quantitative estimate of drug-likeness (QED) is 0.312. The summed E-state index contributed by atoms with van der Waals surface area (Å²) >= 11 is 0. The molecule has 0 rings (SSSR count). The Labute approximate surface area is 103 Å². The highest BCUT2D eigenvalue weighted by molar-refractivity contribution is 5.17. The van der Waals surface area contributed by atoms with E-state index in [1.807, 2.05) is 0 Å². The van der Waals surface area contributed by atoms with Crippen molar-refractivity contribution in [3.05, 3.63) is 23.8 Å². The summed E-state index contributed by atoms with van der Waals surface area (Å²) in [5.74, 6) is 0. The summed E-state index contributed by atoms with van der Waals surface area (Å²) in [6, 6.07) is 0. The van der Waals surface area contributed by atoms with Gasteiger partial charge in [-0.25, -0.2) is 0 Å². The first-order valence-corrected chi connectivity index (χ1v) is 7.20. The fourth-order valence-electron chi connectivity index (χ4n) is 1.87. The third-order valence-corrected chi connectivity index (χ3v) is 2.93. The fourth-order valence-corrected chi connectivity index (χ4v) is 1.87. The molecule has 0 aromatic carbocycles. The van der Waals surface area contributed by atoms with E-state index < -0.39 is 0 Å². The molecule has 16 heavy (non-hydrogen) atoms. The van der Waals surface area contributed by atoms with Crippen molar-refractivity contribution in [2.45, 2.75) is 78.6 Å². The lowest BCUT2D eigenvalue weighted by Crippen LogP contribution is -1.78. The van der Waals surface area contributed by atoms with Crippen LogP contribution < -0.4 is 0 Å². The summed E-state index contributed by atoms with van der Waals surface area (Å²) in [4.78, 5) is 0. The van der Waals surface area contributed by atoms with Gasteiger partial charge in [-0.05, 0) is 25.7 Å². The van der Waals surface area contributed by atoms with Crippen molar-refractivity contribution in [2.24, 2.45) is 0 Å². The van der Waals surface area contributed by atoms with Crippen molar-refractivity contribution in [3.8, 4) is 0 Å². The van der Waals surface area contributed by atoms with Crippen LogP contribution >= 0.6 is 0 Å². The summed E-state index contributed by atoms with van der Waals surface area (Å²) in [6.45, 7) is 6.71. The minimum Gasteiger partial charge on any atom is -0.0843 e. The third-order valence-electron chi connectivity index (χ3n) is 2.93. The van der Waals surface area contributed by atoms with Gasteiger partial charge in [0.15, 0.2) is 0 Å². The molecule has 0 saturated carbocycles. The zero-order valence-corrected chi connectivity index (χ0v) is 11.6. The van der Waals surface area contributed by atoms with E-state index in [0.29, 0.717) is 0 Å². The molecule has 0 saturated heterocycles. The maximum Gasteiger partial charge on any atom is -0.0311 e. The second kappa shape index (κ2) is 12.5. The van der Waals surface area contributed by atoms with E-state index in [2.05, 4.69) is 39.0 Å². The molecule has 0 amide bonds. The van der Waals surface area contributed by atoms with Gasteiger partial charge in [-0.2, -0.15) is 0 Å². The first-order chi connectivity index (χ1) is 7.85. The molecular weight excluding hydrogens is 192 g/mol. The number of rotatable bonds is 10. The van der Waals surface area contributed by atoms with Crippen LogP contribution in [0.4, 0.5) is 0 Å². The van der Waals surface area contributed by atoms with Crippen molar-refractivity contribution in [1.82, 2.24) is 0 Å². The van der Waals surface area contributed by atoms with Crippen LogP contribution in [0.3, 0.4) is 0 Å². The lowest BCUT2D eigenvalue weighted by Gasteiger charge is -1.98. The second-order valence-electron chi connectivity index (χ2n) is 4.50. The summed E-state index contributed by atoms with van der Waals surface area (Å²) in [6.07, 6.45) is 19.0. The van der Waals surface area contributed by atoms with Crippen molar-refractivity contribution < 1.29 is 0 Å². The molecule has 0 unspecified atom stereocenters. The van der Waals surface area contributed by atoms with E-state index in [0.717, 1.165) is 6.42 Å². The van der Waals surface area contributed by atoms with E-state index in [1.165, 1.54) is 56.9 Å². The first kappa shape index (κ1) is 15.5. The molecule has 94 valence electrons. The van der Waals surface area contributed by atoms with Crippen LogP contribution in [0.2, 0.25) is 0 Å². The minimum absolute atomic E-state index is 1.16. The van der Waals surface area contributed by atoms with E-state index >= 15 is 0 Å². The van der Waals surface area contributed by atoms with Crippen LogP contribution in [0.1, 0.15) is 78.6 Å². The number of unbranched alkanes of at least 4 members (excludes halogenated alkanes) is 6. The smallest absolute Gasteiger partial charge is 0.0311 e. The van der Waals surface area contributed by atoms with Gasteiger partial charge in [0.1, 0.15) is 0 Å². The van der Waals surface area contributed by atoms with E-state index in [9.17, 15) is 0 Å². The van der Waals surface area contributed by atoms with Crippen LogP contribution in [0.15, 0.2) is 23.8 Å². The standard InChI is InChI=1S/C16H30/c1-4-7-8-9-10-11-12-13-15-16(6-3)14-5-2/h13-15H,4-12H2,1-3H3. The van der Waals surface area contributed by atoms with Crippen molar-refractivity contribution in [1.29, 1.82) is 0 Å². The summed E-state index contributed by atoms with van der Waals surface area (Å²) in [7, 11) is 0. The van der Waals surface area contributed by atoms with Crippen molar-refractivity contribution in [3.63, 3.8) is 0 Å². The van der Waals surface area contributed by atoms with Gasteiger partial charge in [0.25, 0.3) is 0 Å². The van der Waals surface area contributed by atoms with Gasteiger partial charge in [0.2, 0.25) is 0 Å². The van der Waals surface area contributed by atoms with Crippen molar-refractivity contribution >= 4 is 0 Å². The van der Waals surface area contributed by atoms with Gasteiger partial charge in [-0.1, -0.05) is 76.7 Å². The van der Waals surface area contributed by atoms with Crippen LogP contribution in [0, 0.1) is 0 Å². The molecule has 0 aromatic heterocycles. The van der Waals surface area contributed by atoms with Crippen LogP contribution in [0.5, 0.6) is 0 Å². The summed E-state index contributed by atoms with van der Waals surface area (Å²) in [5.41, 5.74) is 1.49. The highest BCUT2D eigenvalue weighted by Crippen LogP contribution is 2.09. The molecule has 0 aliphatic carbocycles. The monoisotopic (exact) mass is 222 g/mol. The SMILES string of the molecule is CCC=C(C=CCCCCCCCC)CC. The second-order valence-corrected chi connectivity index (χ2v) is 4.50. The molecule has 0 aliphatic rings. The predicted molar refractivity (Wildman–Crippen MR) is 75.8 cm³/mol. The van der Waals surface area contributed by atoms with Gasteiger partial charge >= 0.3 is 0 Å². The third kappa shape index (κ3) is 10.0. The molecule has 0 aromatic rings. The average molecular weight is 222 g/mol.